The summed E-state index contributed by atoms with van der Waals surface area (Å²) in [5.41, 5.74) is -0.890. The molecule has 0 radical (unpaired) electrons. The summed E-state index contributed by atoms with van der Waals surface area (Å²) in [7, 11) is 0. The van der Waals surface area contributed by atoms with Crippen LogP contribution < -0.4 is 0 Å². The maximum atomic E-state index is 12.5. The molecule has 0 spiro atoms. The largest absolute Gasteiger partial charge is 0.435 e. The number of rotatable bonds is 2. The van der Waals surface area contributed by atoms with E-state index >= 15 is 0 Å². The summed E-state index contributed by atoms with van der Waals surface area (Å²) in [6.45, 7) is 0.991. The second-order valence-corrected chi connectivity index (χ2v) is 5.88. The van der Waals surface area contributed by atoms with Gasteiger partial charge in [0.25, 0.3) is 0 Å². The SMILES string of the molecule is O=C1CC(C(=O)N2CCC(n3ccc(C(F)(F)F)n3)CC2)C1. The van der Waals surface area contributed by atoms with Crippen molar-refractivity contribution >= 4 is 11.7 Å². The summed E-state index contributed by atoms with van der Waals surface area (Å²) in [5.74, 6) is -0.0791. The first kappa shape index (κ1) is 15.1. The van der Waals surface area contributed by atoms with E-state index in [0.717, 1.165) is 6.07 Å². The number of hydrogen-bond acceptors (Lipinski definition) is 3. The Bertz CT molecular complexity index is 580. The maximum absolute atomic E-state index is 12.5. The van der Waals surface area contributed by atoms with Crippen LogP contribution in [-0.2, 0) is 15.8 Å². The molecule has 8 heteroatoms. The Balaban J connectivity index is 1.56. The van der Waals surface area contributed by atoms with Crippen molar-refractivity contribution in [3.05, 3.63) is 18.0 Å². The summed E-state index contributed by atoms with van der Waals surface area (Å²) in [5, 5.41) is 3.59. The molecule has 2 heterocycles. The molecule has 0 atom stereocenters. The number of aromatic nitrogens is 2. The van der Waals surface area contributed by atoms with Gasteiger partial charge in [0.05, 0.1) is 12.0 Å². The van der Waals surface area contributed by atoms with Gasteiger partial charge in [-0.15, -0.1) is 0 Å². The smallest absolute Gasteiger partial charge is 0.342 e. The zero-order valence-corrected chi connectivity index (χ0v) is 11.8. The number of likely N-dealkylation sites (tertiary alicyclic amines) is 1. The van der Waals surface area contributed by atoms with E-state index in [0.29, 0.717) is 38.8 Å². The number of halogens is 3. The molecule has 2 aliphatic rings. The van der Waals surface area contributed by atoms with Crippen LogP contribution in [0.1, 0.15) is 37.4 Å². The molecule has 1 aromatic heterocycles. The second-order valence-electron chi connectivity index (χ2n) is 5.88. The standard InChI is InChI=1S/C14H16F3N3O2/c15-14(16,17)12-3-6-20(18-12)10-1-4-19(5-2-10)13(22)9-7-11(21)8-9/h3,6,9-10H,1-2,4-5,7-8H2. The molecule has 5 nitrogen and oxygen atoms in total. The summed E-state index contributed by atoms with van der Waals surface area (Å²) >= 11 is 0. The lowest BCUT2D eigenvalue weighted by Crippen LogP contribution is -2.45. The Morgan fingerprint density at radius 3 is 2.36 bits per heavy atom. The first-order valence-electron chi connectivity index (χ1n) is 7.27. The normalized spacial score (nSPS) is 21.0. The Morgan fingerprint density at radius 2 is 1.86 bits per heavy atom. The van der Waals surface area contributed by atoms with Crippen LogP contribution in [0.5, 0.6) is 0 Å². The van der Waals surface area contributed by atoms with E-state index in [-0.39, 0.29) is 23.7 Å². The molecule has 1 saturated carbocycles. The Kier molecular flexibility index (Phi) is 3.70. The van der Waals surface area contributed by atoms with Gasteiger partial charge in [0.1, 0.15) is 5.78 Å². The number of piperidine rings is 1. The van der Waals surface area contributed by atoms with E-state index < -0.39 is 11.9 Å². The molecule has 22 heavy (non-hydrogen) atoms. The van der Waals surface area contributed by atoms with Crippen molar-refractivity contribution < 1.29 is 22.8 Å². The first-order chi connectivity index (χ1) is 10.3. The Morgan fingerprint density at radius 1 is 1.23 bits per heavy atom. The number of alkyl halides is 3. The van der Waals surface area contributed by atoms with Gasteiger partial charge in [-0.05, 0) is 18.9 Å². The quantitative estimate of drug-likeness (QED) is 0.839. The third-order valence-corrected chi connectivity index (χ3v) is 4.35. The van der Waals surface area contributed by atoms with Crippen LogP contribution in [0, 0.1) is 5.92 Å². The van der Waals surface area contributed by atoms with Crippen molar-refractivity contribution in [2.45, 2.75) is 37.9 Å². The number of Topliss-reactive ketones (excluding diaryl/α,β-unsaturated/α-hetero) is 1. The van der Waals surface area contributed by atoms with Crippen molar-refractivity contribution in [2.75, 3.05) is 13.1 Å². The van der Waals surface area contributed by atoms with Gasteiger partial charge >= 0.3 is 6.18 Å². The van der Waals surface area contributed by atoms with Crippen LogP contribution in [-0.4, -0.2) is 39.5 Å². The fourth-order valence-electron chi connectivity index (χ4n) is 2.97. The maximum Gasteiger partial charge on any atom is 0.435 e. The first-order valence-corrected chi connectivity index (χ1v) is 7.27. The molecule has 0 unspecified atom stereocenters. The highest BCUT2D eigenvalue weighted by atomic mass is 19.4. The monoisotopic (exact) mass is 315 g/mol. The molecule has 1 aliphatic carbocycles. The molecule has 2 fully saturated rings. The minimum atomic E-state index is -4.43. The number of ketones is 1. The van der Waals surface area contributed by atoms with E-state index in [1.165, 1.54) is 10.9 Å². The van der Waals surface area contributed by atoms with Crippen molar-refractivity contribution in [2.24, 2.45) is 5.92 Å². The highest BCUT2D eigenvalue weighted by Crippen LogP contribution is 2.31. The van der Waals surface area contributed by atoms with E-state index in [9.17, 15) is 22.8 Å². The molecular weight excluding hydrogens is 299 g/mol. The van der Waals surface area contributed by atoms with Gasteiger partial charge < -0.3 is 4.90 Å². The van der Waals surface area contributed by atoms with Gasteiger partial charge in [-0.25, -0.2) is 0 Å². The van der Waals surface area contributed by atoms with E-state index in [2.05, 4.69) is 5.10 Å². The molecule has 0 aromatic carbocycles. The van der Waals surface area contributed by atoms with Gasteiger partial charge in [-0.2, -0.15) is 18.3 Å². The summed E-state index contributed by atoms with van der Waals surface area (Å²) in [4.78, 5) is 24.8. The third-order valence-electron chi connectivity index (χ3n) is 4.35. The van der Waals surface area contributed by atoms with Crippen LogP contribution in [0.25, 0.3) is 0 Å². The molecule has 3 rings (SSSR count). The molecule has 120 valence electrons. The summed E-state index contributed by atoms with van der Waals surface area (Å²) < 4.78 is 39.0. The molecule has 1 aliphatic heterocycles. The van der Waals surface area contributed by atoms with Gasteiger partial charge in [0, 0.05) is 32.1 Å². The number of hydrogen-bond donors (Lipinski definition) is 0. The lowest BCUT2D eigenvalue weighted by Gasteiger charge is -2.36. The Hall–Kier alpha value is -1.86. The van der Waals surface area contributed by atoms with Crippen molar-refractivity contribution in [1.82, 2.24) is 14.7 Å². The molecular formula is C14H16F3N3O2. The third kappa shape index (κ3) is 2.86. The van der Waals surface area contributed by atoms with E-state index in [4.69, 9.17) is 0 Å². The minimum absolute atomic E-state index is 0.00510. The molecule has 0 N–H and O–H groups in total. The van der Waals surface area contributed by atoms with Crippen molar-refractivity contribution in [3.63, 3.8) is 0 Å². The number of amides is 1. The molecule has 1 amide bonds. The average Bonchev–Trinajstić information content (AvgIpc) is 2.93. The summed E-state index contributed by atoms with van der Waals surface area (Å²) in [6.07, 6.45) is -1.29. The van der Waals surface area contributed by atoms with Crippen LogP contribution in [0.15, 0.2) is 12.3 Å². The second kappa shape index (κ2) is 5.40. The minimum Gasteiger partial charge on any atom is -0.342 e. The lowest BCUT2D eigenvalue weighted by molar-refractivity contribution is -0.146. The molecule has 0 bridgehead atoms. The van der Waals surface area contributed by atoms with Crippen LogP contribution >= 0.6 is 0 Å². The fraction of sp³-hybridized carbons (Fsp3) is 0.643. The highest BCUT2D eigenvalue weighted by Gasteiger charge is 2.37. The fourth-order valence-corrected chi connectivity index (χ4v) is 2.97. The molecule has 1 aromatic rings. The van der Waals surface area contributed by atoms with Crippen molar-refractivity contribution in [1.29, 1.82) is 0 Å². The van der Waals surface area contributed by atoms with Gasteiger partial charge in [-0.1, -0.05) is 0 Å². The number of carbonyl (C=O) groups is 2. The number of nitrogens with zero attached hydrogens (tertiary/aromatic N) is 3. The number of carbonyl (C=O) groups excluding carboxylic acids is 2. The zero-order chi connectivity index (χ0) is 15.9. The molecule has 1 saturated heterocycles. The predicted octanol–water partition coefficient (Wildman–Crippen LogP) is 2.04. The van der Waals surface area contributed by atoms with Crippen LogP contribution in [0.2, 0.25) is 0 Å². The highest BCUT2D eigenvalue weighted by molar-refractivity contribution is 5.96. The van der Waals surface area contributed by atoms with Crippen LogP contribution in [0.3, 0.4) is 0 Å². The predicted molar refractivity (Wildman–Crippen MR) is 69.8 cm³/mol. The van der Waals surface area contributed by atoms with Gasteiger partial charge in [0.2, 0.25) is 5.91 Å². The zero-order valence-electron chi connectivity index (χ0n) is 11.8. The van der Waals surface area contributed by atoms with Crippen LogP contribution in [0.4, 0.5) is 13.2 Å². The lowest BCUT2D eigenvalue weighted by atomic mass is 9.82. The van der Waals surface area contributed by atoms with E-state index in [1.54, 1.807) is 4.90 Å². The van der Waals surface area contributed by atoms with Crippen molar-refractivity contribution in [3.8, 4) is 0 Å². The van der Waals surface area contributed by atoms with Gasteiger partial charge in [-0.3, -0.25) is 14.3 Å². The average molecular weight is 315 g/mol. The summed E-state index contributed by atoms with van der Waals surface area (Å²) in [6, 6.07) is 0.848. The van der Waals surface area contributed by atoms with Gasteiger partial charge in [0.15, 0.2) is 5.69 Å². The topological polar surface area (TPSA) is 55.2 Å². The Labute approximate surface area is 125 Å². The van der Waals surface area contributed by atoms with E-state index in [1.807, 2.05) is 0 Å².